The number of fused-ring (bicyclic) bond motifs is 1. The number of hydrogen-bond acceptors (Lipinski definition) is 2. The zero-order chi connectivity index (χ0) is 16.2. The van der Waals surface area contributed by atoms with Crippen LogP contribution in [0.15, 0.2) is 47.5 Å². The SMILES string of the molecule is NC(=NC[C@@H](O)c1ccc(Cl)cc1)Nc1ccc2c(c1)CCC2. The molecule has 0 radical (unpaired) electrons. The molecule has 1 aliphatic rings. The number of aryl methyl sites for hydroxylation is 2. The van der Waals surface area contributed by atoms with Crippen LogP contribution in [0.2, 0.25) is 5.02 Å². The number of anilines is 1. The Bertz CT molecular complexity index is 713. The Morgan fingerprint density at radius 2 is 1.91 bits per heavy atom. The lowest BCUT2D eigenvalue weighted by atomic mass is 10.1. The predicted molar refractivity (Wildman–Crippen MR) is 95.0 cm³/mol. The average molecular weight is 330 g/mol. The molecule has 0 fully saturated rings. The standard InChI is InChI=1S/C18H20ClN3O/c19-15-7-4-13(5-8-15)17(23)11-21-18(20)22-16-9-6-12-2-1-3-14(12)10-16/h4-10,17,23H,1-3,11H2,(H3,20,21,22)/t17-/m1/s1. The van der Waals surface area contributed by atoms with E-state index < -0.39 is 6.10 Å². The van der Waals surface area contributed by atoms with Gasteiger partial charge in [-0.2, -0.15) is 0 Å². The van der Waals surface area contributed by atoms with E-state index in [0.29, 0.717) is 11.0 Å². The quantitative estimate of drug-likeness (QED) is 0.595. The summed E-state index contributed by atoms with van der Waals surface area (Å²) in [5.74, 6) is 0.302. The van der Waals surface area contributed by atoms with Crippen molar-refractivity contribution in [1.29, 1.82) is 0 Å². The number of aliphatic imine (C=N–C) groups is 1. The van der Waals surface area contributed by atoms with Crippen LogP contribution in [0.4, 0.5) is 5.69 Å². The Morgan fingerprint density at radius 1 is 1.17 bits per heavy atom. The fraction of sp³-hybridized carbons (Fsp3) is 0.278. The minimum absolute atomic E-state index is 0.200. The summed E-state index contributed by atoms with van der Waals surface area (Å²) in [7, 11) is 0. The molecule has 0 heterocycles. The third-order valence-corrected chi connectivity index (χ3v) is 4.31. The normalized spacial score (nSPS) is 15.3. The van der Waals surface area contributed by atoms with Crippen molar-refractivity contribution in [3.8, 4) is 0 Å². The van der Waals surface area contributed by atoms with Crippen LogP contribution in [0.1, 0.15) is 29.2 Å². The summed E-state index contributed by atoms with van der Waals surface area (Å²) >= 11 is 5.84. The molecule has 4 nitrogen and oxygen atoms in total. The summed E-state index contributed by atoms with van der Waals surface area (Å²) in [5, 5.41) is 13.8. The van der Waals surface area contributed by atoms with E-state index in [-0.39, 0.29) is 6.54 Å². The molecule has 0 saturated carbocycles. The van der Waals surface area contributed by atoms with Crippen LogP contribution in [-0.4, -0.2) is 17.6 Å². The molecule has 0 bridgehead atoms. The first-order valence-electron chi connectivity index (χ1n) is 7.74. The summed E-state index contributed by atoms with van der Waals surface area (Å²) in [6.07, 6.45) is 2.80. The third-order valence-electron chi connectivity index (χ3n) is 4.06. The highest BCUT2D eigenvalue weighted by atomic mass is 35.5. The molecule has 5 heteroatoms. The van der Waals surface area contributed by atoms with Crippen molar-refractivity contribution in [3.05, 3.63) is 64.2 Å². The molecule has 0 aliphatic heterocycles. The second-order valence-electron chi connectivity index (χ2n) is 5.76. The molecule has 1 atom stereocenters. The topological polar surface area (TPSA) is 70.6 Å². The van der Waals surface area contributed by atoms with E-state index in [4.69, 9.17) is 17.3 Å². The molecule has 3 rings (SSSR count). The lowest BCUT2D eigenvalue weighted by molar-refractivity contribution is 0.187. The molecule has 0 saturated heterocycles. The number of aliphatic hydroxyl groups is 1. The number of hydrogen-bond donors (Lipinski definition) is 3. The summed E-state index contributed by atoms with van der Waals surface area (Å²) in [6, 6.07) is 13.3. The molecule has 1 aliphatic carbocycles. The van der Waals surface area contributed by atoms with Crippen molar-refractivity contribution < 1.29 is 5.11 Å². The Morgan fingerprint density at radius 3 is 2.70 bits per heavy atom. The van der Waals surface area contributed by atoms with Gasteiger partial charge in [0.15, 0.2) is 5.96 Å². The number of nitrogens with zero attached hydrogens (tertiary/aromatic N) is 1. The molecule has 23 heavy (non-hydrogen) atoms. The van der Waals surface area contributed by atoms with Gasteiger partial charge in [0.25, 0.3) is 0 Å². The molecular weight excluding hydrogens is 310 g/mol. The van der Waals surface area contributed by atoms with Crippen LogP contribution in [0.25, 0.3) is 0 Å². The Balaban J connectivity index is 1.60. The lowest BCUT2D eigenvalue weighted by Crippen LogP contribution is -2.23. The highest BCUT2D eigenvalue weighted by Gasteiger charge is 2.11. The van der Waals surface area contributed by atoms with Crippen LogP contribution in [-0.2, 0) is 12.8 Å². The van der Waals surface area contributed by atoms with Gasteiger partial charge in [0.1, 0.15) is 0 Å². The van der Waals surface area contributed by atoms with Crippen molar-refractivity contribution in [1.82, 2.24) is 0 Å². The number of benzene rings is 2. The Hall–Kier alpha value is -2.04. The zero-order valence-corrected chi connectivity index (χ0v) is 13.6. The largest absolute Gasteiger partial charge is 0.386 e. The smallest absolute Gasteiger partial charge is 0.193 e. The summed E-state index contributed by atoms with van der Waals surface area (Å²) in [5.41, 5.74) is 10.4. The molecule has 2 aromatic carbocycles. The maximum absolute atomic E-state index is 10.1. The van der Waals surface area contributed by atoms with Gasteiger partial charge in [0.05, 0.1) is 12.6 Å². The van der Waals surface area contributed by atoms with Crippen LogP contribution in [0.3, 0.4) is 0 Å². The van der Waals surface area contributed by atoms with E-state index in [1.165, 1.54) is 17.5 Å². The van der Waals surface area contributed by atoms with Gasteiger partial charge < -0.3 is 16.2 Å². The van der Waals surface area contributed by atoms with E-state index in [1.54, 1.807) is 24.3 Å². The number of nitrogens with two attached hydrogens (primary N) is 1. The Kier molecular flexibility index (Phi) is 4.84. The van der Waals surface area contributed by atoms with E-state index in [1.807, 2.05) is 6.07 Å². The first kappa shape index (κ1) is 15.8. The van der Waals surface area contributed by atoms with Crippen LogP contribution in [0.5, 0.6) is 0 Å². The predicted octanol–water partition coefficient (Wildman–Crippen LogP) is 3.29. The van der Waals surface area contributed by atoms with Crippen molar-refractivity contribution >= 4 is 23.2 Å². The number of nitrogens with one attached hydrogen (secondary N) is 1. The number of rotatable bonds is 4. The van der Waals surface area contributed by atoms with Crippen molar-refractivity contribution in [2.45, 2.75) is 25.4 Å². The molecule has 0 aromatic heterocycles. The van der Waals surface area contributed by atoms with Gasteiger partial charge in [-0.3, -0.25) is 4.99 Å². The van der Waals surface area contributed by atoms with E-state index in [0.717, 1.165) is 24.1 Å². The number of aliphatic hydroxyl groups excluding tert-OH is 1. The van der Waals surface area contributed by atoms with E-state index in [2.05, 4.69) is 22.4 Å². The summed E-state index contributed by atoms with van der Waals surface area (Å²) in [4.78, 5) is 4.21. The van der Waals surface area contributed by atoms with Gasteiger partial charge in [-0.1, -0.05) is 29.8 Å². The molecule has 4 N–H and O–H groups in total. The average Bonchev–Trinajstić information content (AvgIpc) is 3.01. The highest BCUT2D eigenvalue weighted by molar-refractivity contribution is 6.30. The zero-order valence-electron chi connectivity index (χ0n) is 12.8. The monoisotopic (exact) mass is 329 g/mol. The Labute approximate surface area is 141 Å². The van der Waals surface area contributed by atoms with Gasteiger partial charge in [0.2, 0.25) is 0 Å². The van der Waals surface area contributed by atoms with Crippen LogP contribution >= 0.6 is 11.6 Å². The van der Waals surface area contributed by atoms with Gasteiger partial charge in [-0.15, -0.1) is 0 Å². The maximum atomic E-state index is 10.1. The molecule has 2 aromatic rings. The second kappa shape index (κ2) is 7.02. The maximum Gasteiger partial charge on any atom is 0.193 e. The minimum atomic E-state index is -0.701. The fourth-order valence-corrected chi connectivity index (χ4v) is 2.94. The highest BCUT2D eigenvalue weighted by Crippen LogP contribution is 2.24. The molecular formula is C18H20ClN3O. The van der Waals surface area contributed by atoms with Crippen molar-refractivity contribution in [2.75, 3.05) is 11.9 Å². The molecule has 0 amide bonds. The van der Waals surface area contributed by atoms with Gasteiger partial charge >= 0.3 is 0 Å². The fourth-order valence-electron chi connectivity index (χ4n) is 2.81. The molecule has 120 valence electrons. The third kappa shape index (κ3) is 4.03. The van der Waals surface area contributed by atoms with Crippen LogP contribution < -0.4 is 11.1 Å². The van der Waals surface area contributed by atoms with Crippen molar-refractivity contribution in [2.24, 2.45) is 10.7 Å². The minimum Gasteiger partial charge on any atom is -0.386 e. The summed E-state index contributed by atoms with van der Waals surface area (Å²) in [6.45, 7) is 0.200. The van der Waals surface area contributed by atoms with Crippen LogP contribution in [0, 0.1) is 0 Å². The van der Waals surface area contributed by atoms with Gasteiger partial charge in [-0.25, -0.2) is 0 Å². The van der Waals surface area contributed by atoms with E-state index in [9.17, 15) is 5.11 Å². The molecule has 0 unspecified atom stereocenters. The van der Waals surface area contributed by atoms with Crippen molar-refractivity contribution in [3.63, 3.8) is 0 Å². The van der Waals surface area contributed by atoms with E-state index >= 15 is 0 Å². The van der Waals surface area contributed by atoms with Gasteiger partial charge in [-0.05, 0) is 60.2 Å². The second-order valence-corrected chi connectivity index (χ2v) is 6.19. The lowest BCUT2D eigenvalue weighted by Gasteiger charge is -2.11. The first-order chi connectivity index (χ1) is 11.1. The first-order valence-corrected chi connectivity index (χ1v) is 8.12. The summed E-state index contributed by atoms with van der Waals surface area (Å²) < 4.78 is 0. The number of halogens is 1. The van der Waals surface area contributed by atoms with Gasteiger partial charge in [0, 0.05) is 10.7 Å². The number of guanidine groups is 1. The molecule has 0 spiro atoms.